The van der Waals surface area contributed by atoms with E-state index in [0.29, 0.717) is 38.4 Å². The Morgan fingerprint density at radius 2 is 1.67 bits per heavy atom. The van der Waals surface area contributed by atoms with Crippen molar-refractivity contribution in [2.24, 2.45) is 0 Å². The molecule has 3 nitrogen and oxygen atoms in total. The van der Waals surface area contributed by atoms with E-state index in [1.54, 1.807) is 31.2 Å². The van der Waals surface area contributed by atoms with Crippen LogP contribution in [0.2, 0.25) is 10.0 Å². The minimum absolute atomic E-state index is 0.345. The van der Waals surface area contributed by atoms with Gasteiger partial charge in [0, 0.05) is 21.3 Å². The third kappa shape index (κ3) is 3.61. The summed E-state index contributed by atoms with van der Waals surface area (Å²) in [6.07, 6.45) is 0. The van der Waals surface area contributed by atoms with Gasteiger partial charge in [-0.25, -0.2) is 4.39 Å². The number of hydrogen-bond donors (Lipinski definition) is 1. The molecule has 0 aliphatic rings. The minimum Gasteiger partial charge on any atom is -0.461 e. The smallest absolute Gasteiger partial charge is 0.259 e. The van der Waals surface area contributed by atoms with E-state index in [2.05, 4.69) is 5.32 Å². The van der Waals surface area contributed by atoms with Crippen LogP contribution in [0, 0.1) is 12.7 Å². The number of aryl methyl sites for hydroxylation is 1. The molecule has 3 rings (SSSR count). The lowest BCUT2D eigenvalue weighted by molar-refractivity contribution is 0.102. The quantitative estimate of drug-likeness (QED) is 0.624. The van der Waals surface area contributed by atoms with Gasteiger partial charge in [-0.05, 0) is 55.5 Å². The van der Waals surface area contributed by atoms with Gasteiger partial charge in [0.15, 0.2) is 0 Å². The van der Waals surface area contributed by atoms with Crippen LogP contribution in [0.25, 0.3) is 11.3 Å². The zero-order valence-corrected chi connectivity index (χ0v) is 14.1. The first-order valence-electron chi connectivity index (χ1n) is 7.06. The molecular weight excluding hydrogens is 352 g/mol. The lowest BCUT2D eigenvalue weighted by Crippen LogP contribution is -2.11. The SMILES string of the molecule is Cc1oc(-c2cc(Cl)cc(Cl)c2)cc1C(=O)Nc1ccc(F)cc1. The molecule has 0 unspecified atom stereocenters. The number of carbonyl (C=O) groups is 1. The Labute approximate surface area is 148 Å². The third-order valence-electron chi connectivity index (χ3n) is 3.41. The summed E-state index contributed by atoms with van der Waals surface area (Å²) in [4.78, 5) is 12.4. The highest BCUT2D eigenvalue weighted by molar-refractivity contribution is 6.35. The monoisotopic (exact) mass is 363 g/mol. The van der Waals surface area contributed by atoms with Gasteiger partial charge in [-0.2, -0.15) is 0 Å². The summed E-state index contributed by atoms with van der Waals surface area (Å²) in [5, 5.41) is 3.65. The van der Waals surface area contributed by atoms with Crippen molar-refractivity contribution in [1.29, 1.82) is 0 Å². The van der Waals surface area contributed by atoms with Gasteiger partial charge in [-0.1, -0.05) is 23.2 Å². The fourth-order valence-electron chi connectivity index (χ4n) is 2.28. The summed E-state index contributed by atoms with van der Waals surface area (Å²) in [5.74, 6) is 0.233. The molecule has 0 fully saturated rings. The predicted molar refractivity (Wildman–Crippen MR) is 93.3 cm³/mol. The zero-order valence-electron chi connectivity index (χ0n) is 12.6. The first-order valence-corrected chi connectivity index (χ1v) is 7.82. The van der Waals surface area contributed by atoms with Crippen molar-refractivity contribution in [3.05, 3.63) is 75.7 Å². The lowest BCUT2D eigenvalue weighted by atomic mass is 10.1. The minimum atomic E-state index is -0.368. The van der Waals surface area contributed by atoms with Crippen LogP contribution in [-0.2, 0) is 0 Å². The van der Waals surface area contributed by atoms with Crippen LogP contribution in [0.4, 0.5) is 10.1 Å². The fraction of sp³-hybridized carbons (Fsp3) is 0.0556. The molecule has 1 amide bonds. The van der Waals surface area contributed by atoms with Gasteiger partial charge in [0.05, 0.1) is 5.56 Å². The van der Waals surface area contributed by atoms with Crippen molar-refractivity contribution >= 4 is 34.8 Å². The van der Waals surface area contributed by atoms with Crippen LogP contribution in [0.15, 0.2) is 52.9 Å². The van der Waals surface area contributed by atoms with Crippen molar-refractivity contribution in [2.75, 3.05) is 5.32 Å². The van der Waals surface area contributed by atoms with Gasteiger partial charge in [0.1, 0.15) is 17.3 Å². The zero-order chi connectivity index (χ0) is 17.3. The highest BCUT2D eigenvalue weighted by Crippen LogP contribution is 2.30. The number of nitrogens with one attached hydrogen (secondary N) is 1. The van der Waals surface area contributed by atoms with E-state index in [1.807, 2.05) is 0 Å². The van der Waals surface area contributed by atoms with E-state index < -0.39 is 0 Å². The van der Waals surface area contributed by atoms with E-state index in [0.717, 1.165) is 0 Å². The molecule has 0 aliphatic heterocycles. The van der Waals surface area contributed by atoms with Crippen LogP contribution in [0.3, 0.4) is 0 Å². The number of amides is 1. The molecule has 1 aromatic heterocycles. The Morgan fingerprint density at radius 3 is 2.29 bits per heavy atom. The Balaban J connectivity index is 1.88. The van der Waals surface area contributed by atoms with E-state index in [9.17, 15) is 9.18 Å². The van der Waals surface area contributed by atoms with Crippen LogP contribution < -0.4 is 5.32 Å². The molecule has 0 atom stereocenters. The highest BCUT2D eigenvalue weighted by Gasteiger charge is 2.17. The Kier molecular flexibility index (Phi) is 4.60. The van der Waals surface area contributed by atoms with Gasteiger partial charge < -0.3 is 9.73 Å². The topological polar surface area (TPSA) is 42.2 Å². The summed E-state index contributed by atoms with van der Waals surface area (Å²) in [6, 6.07) is 12.2. The van der Waals surface area contributed by atoms with Crippen LogP contribution in [0.1, 0.15) is 16.1 Å². The maximum atomic E-state index is 12.9. The molecule has 122 valence electrons. The highest BCUT2D eigenvalue weighted by atomic mass is 35.5. The molecule has 0 saturated heterocycles. The van der Waals surface area contributed by atoms with E-state index in [4.69, 9.17) is 27.6 Å². The first-order chi connectivity index (χ1) is 11.4. The van der Waals surface area contributed by atoms with Crippen molar-refractivity contribution < 1.29 is 13.6 Å². The first kappa shape index (κ1) is 16.6. The van der Waals surface area contributed by atoms with Gasteiger partial charge in [-0.3, -0.25) is 4.79 Å². The number of rotatable bonds is 3. The third-order valence-corrected chi connectivity index (χ3v) is 3.85. The number of carbonyl (C=O) groups excluding carboxylic acids is 1. The number of hydrogen-bond acceptors (Lipinski definition) is 2. The van der Waals surface area contributed by atoms with Crippen molar-refractivity contribution in [3.63, 3.8) is 0 Å². The van der Waals surface area contributed by atoms with Crippen LogP contribution in [0.5, 0.6) is 0 Å². The fourth-order valence-corrected chi connectivity index (χ4v) is 2.80. The largest absolute Gasteiger partial charge is 0.461 e. The maximum Gasteiger partial charge on any atom is 0.259 e. The maximum absolute atomic E-state index is 12.9. The van der Waals surface area contributed by atoms with E-state index >= 15 is 0 Å². The van der Waals surface area contributed by atoms with Crippen molar-refractivity contribution in [2.45, 2.75) is 6.92 Å². The van der Waals surface area contributed by atoms with Gasteiger partial charge in [0.25, 0.3) is 5.91 Å². The van der Waals surface area contributed by atoms with E-state index in [-0.39, 0.29) is 11.7 Å². The van der Waals surface area contributed by atoms with Crippen LogP contribution >= 0.6 is 23.2 Å². The molecule has 6 heteroatoms. The number of halogens is 3. The molecule has 0 bridgehead atoms. The van der Waals surface area contributed by atoms with Crippen molar-refractivity contribution in [3.8, 4) is 11.3 Å². The average molecular weight is 364 g/mol. The number of benzene rings is 2. The molecule has 0 aliphatic carbocycles. The Hall–Kier alpha value is -2.30. The Bertz CT molecular complexity index is 884. The summed E-state index contributed by atoms with van der Waals surface area (Å²) < 4.78 is 18.6. The van der Waals surface area contributed by atoms with Gasteiger partial charge >= 0.3 is 0 Å². The molecule has 0 spiro atoms. The molecule has 1 heterocycles. The molecule has 0 radical (unpaired) electrons. The predicted octanol–water partition coefficient (Wildman–Crippen LogP) is 5.95. The second kappa shape index (κ2) is 6.67. The Morgan fingerprint density at radius 1 is 1.04 bits per heavy atom. The molecule has 0 saturated carbocycles. The standard InChI is InChI=1S/C18H12Cl2FNO2/c1-10-16(18(23)22-15-4-2-14(21)3-5-15)9-17(24-10)11-6-12(19)8-13(20)7-11/h2-9H,1H3,(H,22,23). The van der Waals surface area contributed by atoms with Crippen LogP contribution in [-0.4, -0.2) is 5.91 Å². The molecule has 24 heavy (non-hydrogen) atoms. The summed E-state index contributed by atoms with van der Waals surface area (Å²) in [5.41, 5.74) is 1.55. The number of anilines is 1. The van der Waals surface area contributed by atoms with Gasteiger partial charge in [0.2, 0.25) is 0 Å². The molecule has 2 aromatic carbocycles. The summed E-state index contributed by atoms with van der Waals surface area (Å²) in [6.45, 7) is 1.69. The van der Waals surface area contributed by atoms with Crippen molar-refractivity contribution in [1.82, 2.24) is 0 Å². The van der Waals surface area contributed by atoms with Gasteiger partial charge in [-0.15, -0.1) is 0 Å². The second-order valence-corrected chi connectivity index (χ2v) is 6.07. The second-order valence-electron chi connectivity index (χ2n) is 5.20. The summed E-state index contributed by atoms with van der Waals surface area (Å²) in [7, 11) is 0. The van der Waals surface area contributed by atoms with E-state index in [1.165, 1.54) is 24.3 Å². The normalized spacial score (nSPS) is 10.7. The average Bonchev–Trinajstić information content (AvgIpc) is 2.91. The molecule has 1 N–H and O–H groups in total. The molecule has 3 aromatic rings. The lowest BCUT2D eigenvalue weighted by Gasteiger charge is -2.03. The molecular formula is C18H12Cl2FNO2. The number of furan rings is 1. The summed E-state index contributed by atoms with van der Waals surface area (Å²) >= 11 is 12.0.